The van der Waals surface area contributed by atoms with Gasteiger partial charge in [-0.3, -0.25) is 9.78 Å². The molecule has 0 bridgehead atoms. The molecule has 1 N–H and O–H groups in total. The molecule has 3 aromatic rings. The molecular weight excluding hydrogens is 343 g/mol. The van der Waals surface area contributed by atoms with Crippen molar-refractivity contribution in [3.8, 4) is 5.69 Å². The van der Waals surface area contributed by atoms with Gasteiger partial charge in [-0.1, -0.05) is 12.1 Å². The number of benzene rings is 1. The SMILES string of the molecule is Cc1cnc(C(=O)N[C@@H]2CCCc3c2cnn3-c2ccccc2F)cc1C. The van der Waals surface area contributed by atoms with Crippen LogP contribution in [0.5, 0.6) is 0 Å². The zero-order valence-electron chi connectivity index (χ0n) is 15.4. The fourth-order valence-corrected chi connectivity index (χ4v) is 3.52. The molecule has 0 aliphatic heterocycles. The van der Waals surface area contributed by atoms with Crippen molar-refractivity contribution in [3.05, 3.63) is 76.6 Å². The predicted molar refractivity (Wildman–Crippen MR) is 100 cm³/mol. The lowest BCUT2D eigenvalue weighted by atomic mass is 9.92. The number of halogens is 1. The normalized spacial score (nSPS) is 16.0. The van der Waals surface area contributed by atoms with Crippen LogP contribution in [0, 0.1) is 19.7 Å². The number of amides is 1. The number of nitrogens with zero attached hydrogens (tertiary/aromatic N) is 3. The molecule has 138 valence electrons. The molecule has 1 aliphatic carbocycles. The van der Waals surface area contributed by atoms with E-state index in [1.807, 2.05) is 13.8 Å². The number of hydrogen-bond acceptors (Lipinski definition) is 3. The van der Waals surface area contributed by atoms with E-state index >= 15 is 0 Å². The Labute approximate surface area is 157 Å². The number of para-hydroxylation sites is 1. The third kappa shape index (κ3) is 3.23. The molecule has 2 heterocycles. The Morgan fingerprint density at radius 3 is 2.81 bits per heavy atom. The molecule has 5 nitrogen and oxygen atoms in total. The summed E-state index contributed by atoms with van der Waals surface area (Å²) in [5, 5.41) is 7.46. The third-order valence-electron chi connectivity index (χ3n) is 5.17. The number of carbonyl (C=O) groups excluding carboxylic acids is 1. The molecule has 1 atom stereocenters. The van der Waals surface area contributed by atoms with Crippen LogP contribution in [0.2, 0.25) is 0 Å². The second kappa shape index (κ2) is 6.95. The minimum Gasteiger partial charge on any atom is -0.344 e. The van der Waals surface area contributed by atoms with E-state index in [1.54, 1.807) is 41.3 Å². The Hall–Kier alpha value is -3.02. The van der Waals surface area contributed by atoms with Crippen LogP contribution in [0.4, 0.5) is 4.39 Å². The van der Waals surface area contributed by atoms with Crippen molar-refractivity contribution >= 4 is 5.91 Å². The van der Waals surface area contributed by atoms with E-state index in [0.29, 0.717) is 11.4 Å². The molecule has 0 spiro atoms. The molecule has 4 rings (SSSR count). The summed E-state index contributed by atoms with van der Waals surface area (Å²) >= 11 is 0. The topological polar surface area (TPSA) is 59.8 Å². The standard InChI is InChI=1S/C21H21FN4O/c1-13-10-18(23-11-14(13)2)21(27)25-17-7-5-9-19-15(17)12-24-26(19)20-8-4-3-6-16(20)22/h3-4,6,8,10-12,17H,5,7,9H2,1-2H3,(H,25,27)/t17-/m1/s1. The van der Waals surface area contributed by atoms with Gasteiger partial charge in [0.2, 0.25) is 0 Å². The van der Waals surface area contributed by atoms with Crippen LogP contribution in [0.1, 0.15) is 51.8 Å². The van der Waals surface area contributed by atoms with Gasteiger partial charge in [0.05, 0.1) is 12.2 Å². The quantitative estimate of drug-likeness (QED) is 0.768. The van der Waals surface area contributed by atoms with Gasteiger partial charge in [-0.15, -0.1) is 0 Å². The third-order valence-corrected chi connectivity index (χ3v) is 5.17. The number of carbonyl (C=O) groups is 1. The van der Waals surface area contributed by atoms with Crippen molar-refractivity contribution in [2.24, 2.45) is 0 Å². The lowest BCUT2D eigenvalue weighted by molar-refractivity contribution is 0.0927. The first-order chi connectivity index (χ1) is 13.0. The summed E-state index contributed by atoms with van der Waals surface area (Å²) in [4.78, 5) is 16.9. The van der Waals surface area contributed by atoms with Crippen molar-refractivity contribution < 1.29 is 9.18 Å². The van der Waals surface area contributed by atoms with Crippen LogP contribution in [0.25, 0.3) is 5.69 Å². The van der Waals surface area contributed by atoms with Gasteiger partial charge >= 0.3 is 0 Å². The first kappa shape index (κ1) is 17.4. The molecule has 1 amide bonds. The van der Waals surface area contributed by atoms with Crippen molar-refractivity contribution in [1.82, 2.24) is 20.1 Å². The second-order valence-corrected chi connectivity index (χ2v) is 6.98. The van der Waals surface area contributed by atoms with Crippen LogP contribution < -0.4 is 5.32 Å². The van der Waals surface area contributed by atoms with Crippen LogP contribution >= 0.6 is 0 Å². The Balaban J connectivity index is 1.62. The maximum absolute atomic E-state index is 14.2. The summed E-state index contributed by atoms with van der Waals surface area (Å²) in [6, 6.07) is 8.25. The minimum absolute atomic E-state index is 0.148. The Bertz CT molecular complexity index is 1010. The Kier molecular flexibility index (Phi) is 4.48. The molecule has 0 saturated heterocycles. The lowest BCUT2D eigenvalue weighted by Crippen LogP contribution is -2.31. The Morgan fingerprint density at radius 1 is 1.22 bits per heavy atom. The number of fused-ring (bicyclic) bond motifs is 1. The molecule has 1 aliphatic rings. The first-order valence-corrected chi connectivity index (χ1v) is 9.10. The van der Waals surface area contributed by atoms with Crippen LogP contribution in [-0.4, -0.2) is 20.7 Å². The summed E-state index contributed by atoms with van der Waals surface area (Å²) in [7, 11) is 0. The summed E-state index contributed by atoms with van der Waals surface area (Å²) < 4.78 is 15.8. The number of aromatic nitrogens is 3. The van der Waals surface area contributed by atoms with Gasteiger partial charge in [0, 0.05) is 17.5 Å². The van der Waals surface area contributed by atoms with E-state index in [9.17, 15) is 9.18 Å². The van der Waals surface area contributed by atoms with E-state index in [1.165, 1.54) is 6.07 Å². The van der Waals surface area contributed by atoms with Gasteiger partial charge in [0.25, 0.3) is 5.91 Å². The van der Waals surface area contributed by atoms with Crippen molar-refractivity contribution in [3.63, 3.8) is 0 Å². The van der Waals surface area contributed by atoms with Crippen molar-refractivity contribution in [2.75, 3.05) is 0 Å². The number of pyridine rings is 1. The van der Waals surface area contributed by atoms with Gasteiger partial charge in [0.1, 0.15) is 17.2 Å². The number of nitrogens with one attached hydrogen (secondary N) is 1. The highest BCUT2D eigenvalue weighted by Crippen LogP contribution is 2.31. The number of aryl methyl sites for hydroxylation is 2. The molecule has 0 radical (unpaired) electrons. The Morgan fingerprint density at radius 2 is 2.04 bits per heavy atom. The zero-order chi connectivity index (χ0) is 19.0. The smallest absolute Gasteiger partial charge is 0.270 e. The van der Waals surface area contributed by atoms with E-state index in [-0.39, 0.29) is 17.8 Å². The average Bonchev–Trinajstić information content (AvgIpc) is 3.09. The van der Waals surface area contributed by atoms with Gasteiger partial charge in [-0.2, -0.15) is 5.10 Å². The highest BCUT2D eigenvalue weighted by atomic mass is 19.1. The maximum atomic E-state index is 14.2. The monoisotopic (exact) mass is 364 g/mol. The fourth-order valence-electron chi connectivity index (χ4n) is 3.52. The molecule has 2 aromatic heterocycles. The van der Waals surface area contributed by atoms with Gasteiger partial charge in [0.15, 0.2) is 0 Å². The van der Waals surface area contributed by atoms with Crippen LogP contribution in [0.15, 0.2) is 42.7 Å². The highest BCUT2D eigenvalue weighted by molar-refractivity contribution is 5.92. The molecule has 0 saturated carbocycles. The van der Waals surface area contributed by atoms with E-state index in [4.69, 9.17) is 0 Å². The summed E-state index contributed by atoms with van der Waals surface area (Å²) in [5.41, 5.74) is 4.82. The first-order valence-electron chi connectivity index (χ1n) is 9.10. The average molecular weight is 364 g/mol. The number of rotatable bonds is 3. The summed E-state index contributed by atoms with van der Waals surface area (Å²) in [6.45, 7) is 3.93. The van der Waals surface area contributed by atoms with Crippen LogP contribution in [-0.2, 0) is 6.42 Å². The van der Waals surface area contributed by atoms with Crippen molar-refractivity contribution in [2.45, 2.75) is 39.2 Å². The largest absolute Gasteiger partial charge is 0.344 e. The molecular formula is C21H21FN4O. The molecule has 6 heteroatoms. The lowest BCUT2D eigenvalue weighted by Gasteiger charge is -2.24. The van der Waals surface area contributed by atoms with Gasteiger partial charge < -0.3 is 5.32 Å². The summed E-state index contributed by atoms with van der Waals surface area (Å²) in [5.74, 6) is -0.511. The van der Waals surface area contributed by atoms with Crippen molar-refractivity contribution in [1.29, 1.82) is 0 Å². The predicted octanol–water partition coefficient (Wildman–Crippen LogP) is 3.83. The highest BCUT2D eigenvalue weighted by Gasteiger charge is 2.27. The van der Waals surface area contributed by atoms with Crippen LogP contribution in [0.3, 0.4) is 0 Å². The number of hydrogen-bond donors (Lipinski definition) is 1. The molecule has 1 aromatic carbocycles. The summed E-state index contributed by atoms with van der Waals surface area (Å²) in [6.07, 6.45) is 5.98. The fraction of sp³-hybridized carbons (Fsp3) is 0.286. The van der Waals surface area contributed by atoms with E-state index in [2.05, 4.69) is 15.4 Å². The van der Waals surface area contributed by atoms with Gasteiger partial charge in [-0.05, 0) is 62.4 Å². The minimum atomic E-state index is -0.311. The molecule has 0 unspecified atom stereocenters. The second-order valence-electron chi connectivity index (χ2n) is 6.98. The molecule has 27 heavy (non-hydrogen) atoms. The van der Waals surface area contributed by atoms with E-state index in [0.717, 1.165) is 41.6 Å². The van der Waals surface area contributed by atoms with Gasteiger partial charge in [-0.25, -0.2) is 9.07 Å². The molecule has 0 fully saturated rings. The zero-order valence-corrected chi connectivity index (χ0v) is 15.4. The van der Waals surface area contributed by atoms with E-state index < -0.39 is 0 Å². The maximum Gasteiger partial charge on any atom is 0.270 e.